The second-order valence-corrected chi connectivity index (χ2v) is 6.06. The van der Waals surface area contributed by atoms with Crippen LogP contribution in [0.1, 0.15) is 18.4 Å². The lowest BCUT2D eigenvalue weighted by atomic mass is 10.0. The van der Waals surface area contributed by atoms with E-state index in [2.05, 4.69) is 22.8 Å². The van der Waals surface area contributed by atoms with Crippen LogP contribution < -0.4 is 0 Å². The molecule has 5 nitrogen and oxygen atoms in total. The summed E-state index contributed by atoms with van der Waals surface area (Å²) < 4.78 is 13.6. The molecule has 0 unspecified atom stereocenters. The molecule has 0 bridgehead atoms. The molecule has 3 atom stereocenters. The molecule has 21 heavy (non-hydrogen) atoms. The van der Waals surface area contributed by atoms with E-state index in [-0.39, 0.29) is 0 Å². The highest BCUT2D eigenvalue weighted by Gasteiger charge is 2.42. The maximum Gasteiger partial charge on any atom is 0.0781 e. The minimum absolute atomic E-state index is 0.320. The molecular formula is C16H25N3O2. The molecule has 1 aromatic heterocycles. The summed E-state index contributed by atoms with van der Waals surface area (Å²) in [6, 6.07) is 0.524. The van der Waals surface area contributed by atoms with Gasteiger partial charge in [0.1, 0.15) is 0 Å². The highest BCUT2D eigenvalue weighted by molar-refractivity contribution is 5.05. The summed E-state index contributed by atoms with van der Waals surface area (Å²) in [4.78, 5) is 2.55. The van der Waals surface area contributed by atoms with Crippen LogP contribution in [0.15, 0.2) is 25.0 Å². The van der Waals surface area contributed by atoms with Crippen molar-refractivity contribution >= 4 is 0 Å². The monoisotopic (exact) mass is 291 g/mol. The van der Waals surface area contributed by atoms with Gasteiger partial charge >= 0.3 is 0 Å². The first-order valence-corrected chi connectivity index (χ1v) is 7.79. The quantitative estimate of drug-likeness (QED) is 0.589. The Morgan fingerprint density at radius 2 is 2.43 bits per heavy atom. The van der Waals surface area contributed by atoms with E-state index in [9.17, 15) is 0 Å². The molecule has 0 spiro atoms. The van der Waals surface area contributed by atoms with Crippen molar-refractivity contribution in [1.82, 2.24) is 14.7 Å². The number of hydrogen-bond donors (Lipinski definition) is 0. The molecule has 116 valence electrons. The Kier molecular flexibility index (Phi) is 4.73. The third kappa shape index (κ3) is 3.36. The standard InChI is InChI=1S/C16H25N3O2/c1-3-7-20-12-14-4-5-15-16(14)21-8-6-19(15)11-13-9-17-18(2)10-13/h3,9-10,14-16H,1,4-8,11-12H2,2H3/t14-,15-,16+/m0/s1. The first kappa shape index (κ1) is 14.8. The van der Waals surface area contributed by atoms with Crippen molar-refractivity contribution in [3.63, 3.8) is 0 Å². The van der Waals surface area contributed by atoms with Gasteiger partial charge in [0.25, 0.3) is 0 Å². The van der Waals surface area contributed by atoms with Gasteiger partial charge in [0, 0.05) is 43.9 Å². The van der Waals surface area contributed by atoms with E-state index >= 15 is 0 Å². The zero-order valence-electron chi connectivity index (χ0n) is 12.8. The molecule has 2 heterocycles. The second kappa shape index (κ2) is 6.73. The molecule has 5 heteroatoms. The van der Waals surface area contributed by atoms with Gasteiger partial charge in [-0.1, -0.05) is 6.08 Å². The number of aryl methyl sites for hydroxylation is 1. The Morgan fingerprint density at radius 1 is 1.52 bits per heavy atom. The van der Waals surface area contributed by atoms with Crippen molar-refractivity contribution in [2.24, 2.45) is 13.0 Å². The van der Waals surface area contributed by atoms with Gasteiger partial charge in [0.05, 0.1) is 32.1 Å². The van der Waals surface area contributed by atoms with E-state index in [1.165, 1.54) is 18.4 Å². The molecule has 1 saturated carbocycles. The molecule has 2 fully saturated rings. The molecule has 3 rings (SSSR count). The summed E-state index contributed by atoms with van der Waals surface area (Å²) in [7, 11) is 1.97. The van der Waals surface area contributed by atoms with Gasteiger partial charge in [0.2, 0.25) is 0 Å². The average Bonchev–Trinajstić information content (AvgIpc) is 3.07. The van der Waals surface area contributed by atoms with Crippen molar-refractivity contribution in [3.8, 4) is 0 Å². The molecule has 1 saturated heterocycles. The van der Waals surface area contributed by atoms with Gasteiger partial charge in [-0.3, -0.25) is 9.58 Å². The number of nitrogens with zero attached hydrogens (tertiary/aromatic N) is 3. The molecule has 1 aliphatic heterocycles. The average molecular weight is 291 g/mol. The molecular weight excluding hydrogens is 266 g/mol. The third-order valence-corrected chi connectivity index (χ3v) is 4.55. The summed E-state index contributed by atoms with van der Waals surface area (Å²) in [5, 5.41) is 4.26. The maximum atomic E-state index is 6.05. The highest BCUT2D eigenvalue weighted by atomic mass is 16.5. The summed E-state index contributed by atoms with van der Waals surface area (Å²) in [5.74, 6) is 0.520. The Morgan fingerprint density at radius 3 is 3.19 bits per heavy atom. The molecule has 0 N–H and O–H groups in total. The lowest BCUT2D eigenvalue weighted by Crippen LogP contribution is -2.50. The van der Waals surface area contributed by atoms with Gasteiger partial charge in [-0.25, -0.2) is 0 Å². The number of morpholine rings is 1. The summed E-state index contributed by atoms with van der Waals surface area (Å²) >= 11 is 0. The van der Waals surface area contributed by atoms with Crippen LogP contribution in [0.5, 0.6) is 0 Å². The van der Waals surface area contributed by atoms with E-state index in [0.29, 0.717) is 24.7 Å². The Bertz CT molecular complexity index is 474. The van der Waals surface area contributed by atoms with Crippen molar-refractivity contribution in [3.05, 3.63) is 30.6 Å². The minimum atomic E-state index is 0.320. The number of aromatic nitrogens is 2. The van der Waals surface area contributed by atoms with Crippen LogP contribution in [0.25, 0.3) is 0 Å². The van der Waals surface area contributed by atoms with E-state index in [1.54, 1.807) is 0 Å². The van der Waals surface area contributed by atoms with Gasteiger partial charge < -0.3 is 9.47 Å². The predicted molar refractivity (Wildman–Crippen MR) is 80.9 cm³/mol. The topological polar surface area (TPSA) is 39.5 Å². The zero-order valence-corrected chi connectivity index (χ0v) is 12.8. The first-order chi connectivity index (χ1) is 10.3. The fourth-order valence-electron chi connectivity index (χ4n) is 3.60. The predicted octanol–water partition coefficient (Wildman–Crippen LogP) is 1.60. The first-order valence-electron chi connectivity index (χ1n) is 7.79. The van der Waals surface area contributed by atoms with Crippen LogP contribution in [-0.4, -0.2) is 53.2 Å². The van der Waals surface area contributed by atoms with Crippen molar-refractivity contribution in [1.29, 1.82) is 0 Å². The lowest BCUT2D eigenvalue weighted by Gasteiger charge is -2.39. The van der Waals surface area contributed by atoms with Crippen molar-refractivity contribution in [2.75, 3.05) is 26.4 Å². The van der Waals surface area contributed by atoms with Crippen LogP contribution in [0.2, 0.25) is 0 Å². The van der Waals surface area contributed by atoms with E-state index in [4.69, 9.17) is 9.47 Å². The molecule has 0 aromatic carbocycles. The van der Waals surface area contributed by atoms with E-state index in [1.807, 2.05) is 24.0 Å². The van der Waals surface area contributed by atoms with Gasteiger partial charge in [-0.2, -0.15) is 5.10 Å². The van der Waals surface area contributed by atoms with E-state index < -0.39 is 0 Å². The highest BCUT2D eigenvalue weighted by Crippen LogP contribution is 2.35. The smallest absolute Gasteiger partial charge is 0.0781 e. The second-order valence-electron chi connectivity index (χ2n) is 6.06. The third-order valence-electron chi connectivity index (χ3n) is 4.55. The van der Waals surface area contributed by atoms with Crippen molar-refractivity contribution < 1.29 is 9.47 Å². The Balaban J connectivity index is 1.59. The molecule has 0 amide bonds. The Hall–Kier alpha value is -1.17. The fourth-order valence-corrected chi connectivity index (χ4v) is 3.60. The largest absolute Gasteiger partial charge is 0.377 e. The van der Waals surface area contributed by atoms with Crippen LogP contribution in [0, 0.1) is 5.92 Å². The van der Waals surface area contributed by atoms with Gasteiger partial charge in [-0.15, -0.1) is 6.58 Å². The molecule has 2 aliphatic rings. The molecule has 0 radical (unpaired) electrons. The molecule has 1 aromatic rings. The van der Waals surface area contributed by atoms with Crippen LogP contribution in [0.4, 0.5) is 0 Å². The zero-order chi connectivity index (χ0) is 14.7. The Labute approximate surface area is 126 Å². The SMILES string of the molecule is C=CCOC[C@@H]1CC[C@H]2[C@@H]1OCCN2Cc1cnn(C)c1. The van der Waals surface area contributed by atoms with Crippen molar-refractivity contribution in [2.45, 2.75) is 31.5 Å². The van der Waals surface area contributed by atoms with Gasteiger partial charge in [0.15, 0.2) is 0 Å². The van der Waals surface area contributed by atoms with Crippen LogP contribution >= 0.6 is 0 Å². The normalized spacial score (nSPS) is 29.5. The lowest BCUT2D eigenvalue weighted by molar-refractivity contribution is -0.0869. The molecule has 1 aliphatic carbocycles. The van der Waals surface area contributed by atoms with Crippen LogP contribution in [-0.2, 0) is 23.1 Å². The van der Waals surface area contributed by atoms with E-state index in [0.717, 1.165) is 26.3 Å². The number of hydrogen-bond acceptors (Lipinski definition) is 4. The number of fused-ring (bicyclic) bond motifs is 1. The fraction of sp³-hybridized carbons (Fsp3) is 0.688. The summed E-state index contributed by atoms with van der Waals surface area (Å²) in [5.41, 5.74) is 1.28. The van der Waals surface area contributed by atoms with Crippen LogP contribution in [0.3, 0.4) is 0 Å². The number of ether oxygens (including phenoxy) is 2. The summed E-state index contributed by atoms with van der Waals surface area (Å²) in [6.07, 6.45) is 8.58. The summed E-state index contributed by atoms with van der Waals surface area (Å²) in [6.45, 7) is 7.91. The maximum absolute atomic E-state index is 6.05. The number of rotatable bonds is 6. The van der Waals surface area contributed by atoms with Gasteiger partial charge in [-0.05, 0) is 12.8 Å². The minimum Gasteiger partial charge on any atom is -0.377 e.